The van der Waals surface area contributed by atoms with Crippen LogP contribution in [-0.2, 0) is 11.2 Å². The van der Waals surface area contributed by atoms with E-state index in [4.69, 9.17) is 10.5 Å². The fourth-order valence-electron chi connectivity index (χ4n) is 2.06. The van der Waals surface area contributed by atoms with Crippen molar-refractivity contribution in [2.45, 2.75) is 13.3 Å². The lowest BCUT2D eigenvalue weighted by Gasteiger charge is -2.27. The summed E-state index contributed by atoms with van der Waals surface area (Å²) in [6.45, 7) is 6.03. The second-order valence-corrected chi connectivity index (χ2v) is 4.58. The molecule has 2 rings (SSSR count). The molecule has 1 aromatic carbocycles. The predicted octanol–water partition coefficient (Wildman–Crippen LogP) is 1.18. The lowest BCUT2D eigenvalue weighted by Crippen LogP contribution is -2.44. The van der Waals surface area contributed by atoms with E-state index in [0.717, 1.165) is 39.3 Å². The van der Waals surface area contributed by atoms with Gasteiger partial charge in [-0.3, -0.25) is 4.99 Å². The maximum Gasteiger partial charge on any atom is 0.191 e. The van der Waals surface area contributed by atoms with Gasteiger partial charge in [-0.2, -0.15) is 0 Å². The van der Waals surface area contributed by atoms with Crippen LogP contribution >= 0.6 is 0 Å². The van der Waals surface area contributed by atoms with Gasteiger partial charge in [-0.05, 0) is 18.9 Å². The Bertz CT molecular complexity index is 411. The fraction of sp³-hybridized carbons (Fsp3) is 0.500. The molecule has 98 valence electrons. The van der Waals surface area contributed by atoms with Gasteiger partial charge < -0.3 is 15.4 Å². The van der Waals surface area contributed by atoms with Crippen LogP contribution < -0.4 is 5.73 Å². The highest BCUT2D eigenvalue weighted by atomic mass is 16.5. The van der Waals surface area contributed by atoms with Crippen LogP contribution in [0.5, 0.6) is 0 Å². The van der Waals surface area contributed by atoms with E-state index >= 15 is 0 Å². The normalized spacial score (nSPS) is 16.9. The Kier molecular flexibility index (Phi) is 4.59. The molecule has 0 saturated carbocycles. The minimum absolute atomic E-state index is 0.644. The van der Waals surface area contributed by atoms with Gasteiger partial charge >= 0.3 is 0 Å². The second kappa shape index (κ2) is 6.40. The molecular formula is C14H21N3O. The Labute approximate surface area is 108 Å². The SMILES string of the molecule is Cc1cccc(CCN=C(N)N2CCOCC2)c1. The topological polar surface area (TPSA) is 50.8 Å². The summed E-state index contributed by atoms with van der Waals surface area (Å²) in [4.78, 5) is 6.52. The van der Waals surface area contributed by atoms with E-state index < -0.39 is 0 Å². The van der Waals surface area contributed by atoms with E-state index in [0.29, 0.717) is 5.96 Å². The molecular weight excluding hydrogens is 226 g/mol. The molecule has 0 amide bonds. The van der Waals surface area contributed by atoms with Gasteiger partial charge in [-0.15, -0.1) is 0 Å². The average Bonchev–Trinajstić information content (AvgIpc) is 2.40. The first kappa shape index (κ1) is 12.9. The van der Waals surface area contributed by atoms with Crippen LogP contribution in [0.4, 0.5) is 0 Å². The number of hydrogen-bond donors (Lipinski definition) is 1. The first-order valence-corrected chi connectivity index (χ1v) is 6.44. The van der Waals surface area contributed by atoms with E-state index in [-0.39, 0.29) is 0 Å². The van der Waals surface area contributed by atoms with Crippen LogP contribution in [0, 0.1) is 6.92 Å². The lowest BCUT2D eigenvalue weighted by molar-refractivity contribution is 0.0674. The average molecular weight is 247 g/mol. The molecule has 0 unspecified atom stereocenters. The molecule has 0 bridgehead atoms. The zero-order valence-electron chi connectivity index (χ0n) is 10.9. The van der Waals surface area contributed by atoms with Crippen LogP contribution in [0.25, 0.3) is 0 Å². The van der Waals surface area contributed by atoms with E-state index in [1.54, 1.807) is 0 Å². The van der Waals surface area contributed by atoms with Crippen molar-refractivity contribution in [3.63, 3.8) is 0 Å². The molecule has 1 aliphatic heterocycles. The van der Waals surface area contributed by atoms with Gasteiger partial charge in [-0.1, -0.05) is 29.8 Å². The zero-order chi connectivity index (χ0) is 12.8. The van der Waals surface area contributed by atoms with Gasteiger partial charge in [0.2, 0.25) is 0 Å². The maximum absolute atomic E-state index is 5.96. The minimum Gasteiger partial charge on any atom is -0.378 e. The summed E-state index contributed by atoms with van der Waals surface area (Å²) in [5, 5.41) is 0. The molecule has 0 spiro atoms. The van der Waals surface area contributed by atoms with E-state index in [9.17, 15) is 0 Å². The number of guanidine groups is 1. The number of nitrogens with zero attached hydrogens (tertiary/aromatic N) is 2. The molecule has 2 N–H and O–H groups in total. The van der Waals surface area contributed by atoms with E-state index in [2.05, 4.69) is 41.1 Å². The van der Waals surface area contributed by atoms with Crippen LogP contribution in [0.15, 0.2) is 29.3 Å². The number of ether oxygens (including phenoxy) is 1. The van der Waals surface area contributed by atoms with E-state index in [1.807, 2.05) is 0 Å². The Morgan fingerprint density at radius 1 is 1.39 bits per heavy atom. The summed E-state index contributed by atoms with van der Waals surface area (Å²) in [6.07, 6.45) is 0.937. The molecule has 1 heterocycles. The monoisotopic (exact) mass is 247 g/mol. The highest BCUT2D eigenvalue weighted by molar-refractivity contribution is 5.78. The van der Waals surface area contributed by atoms with Crippen LogP contribution in [0.1, 0.15) is 11.1 Å². The Morgan fingerprint density at radius 3 is 2.89 bits per heavy atom. The first-order valence-electron chi connectivity index (χ1n) is 6.44. The van der Waals surface area contributed by atoms with Crippen LogP contribution in [0.2, 0.25) is 0 Å². The summed E-state index contributed by atoms with van der Waals surface area (Å²) >= 11 is 0. The van der Waals surface area contributed by atoms with Gasteiger partial charge in [0, 0.05) is 19.6 Å². The Hall–Kier alpha value is -1.55. The van der Waals surface area contributed by atoms with Crippen molar-refractivity contribution in [1.82, 2.24) is 4.90 Å². The van der Waals surface area contributed by atoms with Crippen molar-refractivity contribution in [2.24, 2.45) is 10.7 Å². The van der Waals surface area contributed by atoms with Crippen molar-refractivity contribution < 1.29 is 4.74 Å². The van der Waals surface area contributed by atoms with Crippen molar-refractivity contribution in [3.8, 4) is 0 Å². The zero-order valence-corrected chi connectivity index (χ0v) is 10.9. The van der Waals surface area contributed by atoms with Crippen molar-refractivity contribution in [2.75, 3.05) is 32.8 Å². The maximum atomic E-state index is 5.96. The predicted molar refractivity (Wildman–Crippen MR) is 73.8 cm³/mol. The molecule has 1 saturated heterocycles. The molecule has 0 atom stereocenters. The summed E-state index contributed by atoms with van der Waals surface area (Å²) in [7, 11) is 0. The lowest BCUT2D eigenvalue weighted by atomic mass is 10.1. The Morgan fingerprint density at radius 2 is 2.17 bits per heavy atom. The quantitative estimate of drug-likeness (QED) is 0.644. The third-order valence-electron chi connectivity index (χ3n) is 3.09. The summed E-state index contributed by atoms with van der Waals surface area (Å²) in [5.41, 5.74) is 8.57. The summed E-state index contributed by atoms with van der Waals surface area (Å²) in [6, 6.07) is 8.52. The first-order chi connectivity index (χ1) is 8.75. The Balaban J connectivity index is 1.83. The number of hydrogen-bond acceptors (Lipinski definition) is 2. The van der Waals surface area contributed by atoms with Crippen molar-refractivity contribution in [3.05, 3.63) is 35.4 Å². The highest BCUT2D eigenvalue weighted by Crippen LogP contribution is 2.05. The summed E-state index contributed by atoms with van der Waals surface area (Å²) in [5.74, 6) is 0.644. The van der Waals surface area contributed by atoms with Gasteiger partial charge in [0.15, 0.2) is 5.96 Å². The molecule has 18 heavy (non-hydrogen) atoms. The molecule has 4 nitrogen and oxygen atoms in total. The molecule has 0 aliphatic carbocycles. The molecule has 1 aromatic rings. The number of nitrogens with two attached hydrogens (primary N) is 1. The number of morpholine rings is 1. The number of rotatable bonds is 3. The number of benzene rings is 1. The van der Waals surface area contributed by atoms with Crippen molar-refractivity contribution in [1.29, 1.82) is 0 Å². The second-order valence-electron chi connectivity index (χ2n) is 4.58. The molecule has 0 radical (unpaired) electrons. The van der Waals surface area contributed by atoms with Gasteiger partial charge in [0.1, 0.15) is 0 Å². The van der Waals surface area contributed by atoms with Gasteiger partial charge in [0.25, 0.3) is 0 Å². The standard InChI is InChI=1S/C14H21N3O/c1-12-3-2-4-13(11-12)5-6-16-14(15)17-7-9-18-10-8-17/h2-4,11H,5-10H2,1H3,(H2,15,16). The molecule has 1 aliphatic rings. The minimum atomic E-state index is 0.644. The smallest absolute Gasteiger partial charge is 0.191 e. The fourth-order valence-corrected chi connectivity index (χ4v) is 2.06. The molecule has 4 heteroatoms. The van der Waals surface area contributed by atoms with Gasteiger partial charge in [-0.25, -0.2) is 0 Å². The number of aryl methyl sites for hydroxylation is 1. The van der Waals surface area contributed by atoms with Gasteiger partial charge in [0.05, 0.1) is 13.2 Å². The van der Waals surface area contributed by atoms with Crippen LogP contribution in [0.3, 0.4) is 0 Å². The molecule has 0 aromatic heterocycles. The summed E-state index contributed by atoms with van der Waals surface area (Å²) < 4.78 is 5.28. The van der Waals surface area contributed by atoms with E-state index in [1.165, 1.54) is 11.1 Å². The third-order valence-corrected chi connectivity index (χ3v) is 3.09. The highest BCUT2D eigenvalue weighted by Gasteiger charge is 2.11. The van der Waals surface area contributed by atoms with Crippen molar-refractivity contribution >= 4 is 5.96 Å². The largest absolute Gasteiger partial charge is 0.378 e. The molecule has 1 fully saturated rings. The third kappa shape index (κ3) is 3.74. The van der Waals surface area contributed by atoms with Crippen LogP contribution in [-0.4, -0.2) is 43.7 Å². The number of aliphatic imine (C=N–C) groups is 1.